The number of pyridine rings is 1. The van der Waals surface area contributed by atoms with Crippen LogP contribution in [0.15, 0.2) is 30.5 Å². The number of benzene rings is 1. The highest BCUT2D eigenvalue weighted by atomic mass is 16.5. The lowest BCUT2D eigenvalue weighted by atomic mass is 10.0. The molecule has 0 amide bonds. The van der Waals surface area contributed by atoms with Gasteiger partial charge in [-0.3, -0.25) is 4.98 Å². The lowest BCUT2D eigenvalue weighted by Gasteiger charge is -2.17. The maximum Gasteiger partial charge on any atom is 0.162 e. The fraction of sp³-hybridized carbons (Fsp3) is 0.389. The second-order valence-electron chi connectivity index (χ2n) is 5.68. The van der Waals surface area contributed by atoms with E-state index in [-0.39, 0.29) is 11.9 Å². The first-order valence-corrected chi connectivity index (χ1v) is 7.68. The highest BCUT2D eigenvalue weighted by Gasteiger charge is 2.19. The molecular weight excluding hydrogens is 278 g/mol. The van der Waals surface area contributed by atoms with Gasteiger partial charge in [-0.05, 0) is 56.4 Å². The van der Waals surface area contributed by atoms with E-state index in [1.54, 1.807) is 20.2 Å². The zero-order valence-corrected chi connectivity index (χ0v) is 13.0. The Morgan fingerprint density at radius 2 is 1.91 bits per heavy atom. The Balaban J connectivity index is 1.97. The van der Waals surface area contributed by atoms with Crippen molar-refractivity contribution >= 4 is 0 Å². The van der Waals surface area contributed by atoms with Gasteiger partial charge >= 0.3 is 0 Å². The first kappa shape index (κ1) is 14.7. The van der Waals surface area contributed by atoms with E-state index in [1.807, 2.05) is 24.3 Å². The Morgan fingerprint density at radius 1 is 1.14 bits per heavy atom. The van der Waals surface area contributed by atoms with Crippen molar-refractivity contribution in [1.82, 2.24) is 4.98 Å². The molecule has 0 atom stereocenters. The molecule has 0 saturated heterocycles. The van der Waals surface area contributed by atoms with Crippen LogP contribution in [0.4, 0.5) is 0 Å². The topological polar surface area (TPSA) is 51.6 Å². The van der Waals surface area contributed by atoms with Gasteiger partial charge in [0, 0.05) is 11.8 Å². The van der Waals surface area contributed by atoms with Crippen molar-refractivity contribution in [1.29, 1.82) is 0 Å². The van der Waals surface area contributed by atoms with Gasteiger partial charge in [0.05, 0.1) is 18.9 Å². The summed E-state index contributed by atoms with van der Waals surface area (Å²) in [6.07, 6.45) is 6.58. The highest BCUT2D eigenvalue weighted by molar-refractivity contribution is 5.73. The third-order valence-corrected chi connectivity index (χ3v) is 4.18. The lowest BCUT2D eigenvalue weighted by Crippen LogP contribution is -2.11. The molecule has 3 rings (SSSR count). The number of aromatic nitrogens is 1. The molecule has 1 aromatic carbocycles. The van der Waals surface area contributed by atoms with Crippen LogP contribution in [0.5, 0.6) is 17.2 Å². The third kappa shape index (κ3) is 2.86. The number of rotatable bonds is 4. The maximum atomic E-state index is 10.2. The molecule has 1 aliphatic rings. The summed E-state index contributed by atoms with van der Waals surface area (Å²) >= 11 is 0. The van der Waals surface area contributed by atoms with Crippen molar-refractivity contribution in [3.8, 4) is 28.4 Å². The van der Waals surface area contributed by atoms with Crippen molar-refractivity contribution in [3.05, 3.63) is 36.2 Å². The Kier molecular flexibility index (Phi) is 4.18. The number of nitrogens with zero attached hydrogens (tertiary/aromatic N) is 1. The van der Waals surface area contributed by atoms with E-state index in [0.29, 0.717) is 5.69 Å². The summed E-state index contributed by atoms with van der Waals surface area (Å²) in [5.41, 5.74) is 2.27. The van der Waals surface area contributed by atoms with Gasteiger partial charge in [-0.2, -0.15) is 0 Å². The highest BCUT2D eigenvalue weighted by Crippen LogP contribution is 2.38. The van der Waals surface area contributed by atoms with E-state index in [2.05, 4.69) is 4.98 Å². The van der Waals surface area contributed by atoms with Crippen LogP contribution in [0.3, 0.4) is 0 Å². The number of hydrogen-bond donors (Lipinski definition) is 1. The molecule has 1 heterocycles. The monoisotopic (exact) mass is 299 g/mol. The fourth-order valence-electron chi connectivity index (χ4n) is 2.91. The van der Waals surface area contributed by atoms with Gasteiger partial charge in [0.15, 0.2) is 11.5 Å². The molecule has 0 aliphatic heterocycles. The minimum Gasteiger partial charge on any atom is -0.505 e. The molecule has 0 bridgehead atoms. The maximum absolute atomic E-state index is 10.2. The largest absolute Gasteiger partial charge is 0.505 e. The quantitative estimate of drug-likeness (QED) is 0.923. The van der Waals surface area contributed by atoms with Crippen LogP contribution < -0.4 is 9.47 Å². The molecule has 1 aromatic heterocycles. The number of hydrogen-bond acceptors (Lipinski definition) is 4. The van der Waals surface area contributed by atoms with Crippen LogP contribution in [0.2, 0.25) is 0 Å². The average molecular weight is 299 g/mol. The van der Waals surface area contributed by atoms with Gasteiger partial charge in [0.1, 0.15) is 5.75 Å². The van der Waals surface area contributed by atoms with Crippen molar-refractivity contribution in [3.63, 3.8) is 0 Å². The van der Waals surface area contributed by atoms with Gasteiger partial charge in [0.2, 0.25) is 0 Å². The summed E-state index contributed by atoms with van der Waals surface area (Å²) in [5, 5.41) is 10.2. The summed E-state index contributed by atoms with van der Waals surface area (Å²) in [7, 11) is 1.64. The van der Waals surface area contributed by atoms with Gasteiger partial charge in [-0.25, -0.2) is 0 Å². The molecule has 0 spiro atoms. The first-order valence-electron chi connectivity index (χ1n) is 7.68. The number of aromatic hydroxyl groups is 1. The molecule has 0 unspecified atom stereocenters. The average Bonchev–Trinajstić information content (AvgIpc) is 3.03. The van der Waals surface area contributed by atoms with E-state index in [0.717, 1.165) is 35.5 Å². The van der Waals surface area contributed by atoms with E-state index in [4.69, 9.17) is 9.47 Å². The van der Waals surface area contributed by atoms with Crippen molar-refractivity contribution < 1.29 is 14.6 Å². The molecule has 1 saturated carbocycles. The standard InChI is InChI=1S/C18H21NO3/c1-12-18(20)15(9-10-19-12)13-7-8-16(21-2)17(11-13)22-14-5-3-4-6-14/h7-11,14,20H,3-6H2,1-2H3. The summed E-state index contributed by atoms with van der Waals surface area (Å²) in [4.78, 5) is 4.10. The SMILES string of the molecule is COc1ccc(-c2ccnc(C)c2O)cc1OC1CCCC1. The predicted molar refractivity (Wildman–Crippen MR) is 85.5 cm³/mol. The number of methoxy groups -OCH3 is 1. The molecule has 1 aliphatic carbocycles. The van der Waals surface area contributed by atoms with Crippen LogP contribution in [-0.2, 0) is 0 Å². The number of ether oxygens (including phenoxy) is 2. The molecule has 116 valence electrons. The zero-order valence-electron chi connectivity index (χ0n) is 13.0. The van der Waals surface area contributed by atoms with Crippen molar-refractivity contribution in [2.45, 2.75) is 38.7 Å². The molecular formula is C18H21NO3. The second-order valence-corrected chi connectivity index (χ2v) is 5.68. The predicted octanol–water partition coefficient (Wildman–Crippen LogP) is 4.09. The van der Waals surface area contributed by atoms with Crippen LogP contribution in [0.25, 0.3) is 11.1 Å². The van der Waals surface area contributed by atoms with Crippen molar-refractivity contribution in [2.75, 3.05) is 7.11 Å². The Morgan fingerprint density at radius 3 is 2.64 bits per heavy atom. The Bertz CT molecular complexity index is 663. The van der Waals surface area contributed by atoms with Crippen molar-refractivity contribution in [2.24, 2.45) is 0 Å². The molecule has 2 aromatic rings. The second kappa shape index (κ2) is 6.26. The third-order valence-electron chi connectivity index (χ3n) is 4.18. The summed E-state index contributed by atoms with van der Waals surface area (Å²) < 4.78 is 11.5. The minimum absolute atomic E-state index is 0.208. The van der Waals surface area contributed by atoms with Gasteiger partial charge in [0.25, 0.3) is 0 Å². The molecule has 4 nitrogen and oxygen atoms in total. The lowest BCUT2D eigenvalue weighted by molar-refractivity contribution is 0.201. The Labute approximate surface area is 130 Å². The smallest absolute Gasteiger partial charge is 0.162 e. The normalized spacial score (nSPS) is 15.0. The summed E-state index contributed by atoms with van der Waals surface area (Å²) in [6, 6.07) is 7.55. The van der Waals surface area contributed by atoms with Gasteiger partial charge in [-0.15, -0.1) is 0 Å². The van der Waals surface area contributed by atoms with E-state index >= 15 is 0 Å². The molecule has 22 heavy (non-hydrogen) atoms. The molecule has 1 N–H and O–H groups in total. The van der Waals surface area contributed by atoms with E-state index in [1.165, 1.54) is 12.8 Å². The van der Waals surface area contributed by atoms with Gasteiger partial charge < -0.3 is 14.6 Å². The van der Waals surface area contributed by atoms with E-state index in [9.17, 15) is 5.11 Å². The van der Waals surface area contributed by atoms with Crippen LogP contribution in [-0.4, -0.2) is 23.3 Å². The molecule has 1 fully saturated rings. The van der Waals surface area contributed by atoms with Gasteiger partial charge in [-0.1, -0.05) is 6.07 Å². The van der Waals surface area contributed by atoms with E-state index < -0.39 is 0 Å². The number of aryl methyl sites for hydroxylation is 1. The zero-order chi connectivity index (χ0) is 15.5. The summed E-state index contributed by atoms with van der Waals surface area (Å²) in [5.74, 6) is 1.67. The Hall–Kier alpha value is -2.23. The molecule has 0 radical (unpaired) electrons. The van der Waals surface area contributed by atoms with Crippen LogP contribution >= 0.6 is 0 Å². The fourth-order valence-corrected chi connectivity index (χ4v) is 2.91. The van der Waals surface area contributed by atoms with Crippen LogP contribution in [0.1, 0.15) is 31.4 Å². The summed E-state index contributed by atoms with van der Waals surface area (Å²) in [6.45, 7) is 1.79. The first-order chi connectivity index (χ1) is 10.7. The minimum atomic E-state index is 0.208. The molecule has 4 heteroatoms. The van der Waals surface area contributed by atoms with Crippen LogP contribution in [0, 0.1) is 6.92 Å².